The Balaban J connectivity index is 1.86. The molecule has 0 atom stereocenters. The van der Waals surface area contributed by atoms with Crippen LogP contribution in [0.15, 0.2) is 53.5 Å². The number of para-hydroxylation sites is 1. The molecule has 1 heterocycles. The van der Waals surface area contributed by atoms with Crippen LogP contribution < -0.4 is 9.54 Å². The summed E-state index contributed by atoms with van der Waals surface area (Å²) >= 11 is 1.62. The molecule has 0 aliphatic heterocycles. The molecule has 0 N–H and O–H groups in total. The molecular formula is C21H20N2O2S. The minimum Gasteiger partial charge on any atom is -0.496 e. The molecule has 2 aromatic carbocycles. The van der Waals surface area contributed by atoms with E-state index in [-0.39, 0.29) is 5.91 Å². The van der Waals surface area contributed by atoms with E-state index in [4.69, 9.17) is 4.74 Å². The Morgan fingerprint density at radius 1 is 1.15 bits per heavy atom. The Morgan fingerprint density at radius 2 is 1.92 bits per heavy atom. The predicted octanol–water partition coefficient (Wildman–Crippen LogP) is 4.08. The highest BCUT2D eigenvalue weighted by Gasteiger charge is 2.22. The summed E-state index contributed by atoms with van der Waals surface area (Å²) in [5.41, 5.74) is 4.33. The lowest BCUT2D eigenvalue weighted by Gasteiger charge is -2.17. The van der Waals surface area contributed by atoms with Crippen molar-refractivity contribution < 1.29 is 9.53 Å². The Morgan fingerprint density at radius 3 is 2.73 bits per heavy atom. The fourth-order valence-electron chi connectivity index (χ4n) is 3.49. The molecule has 0 spiro atoms. The van der Waals surface area contributed by atoms with Gasteiger partial charge < -0.3 is 9.30 Å². The first-order valence-electron chi connectivity index (χ1n) is 8.75. The number of carbonyl (C=O) groups is 1. The van der Waals surface area contributed by atoms with E-state index in [1.807, 2.05) is 12.1 Å². The van der Waals surface area contributed by atoms with Crippen molar-refractivity contribution in [2.75, 3.05) is 7.11 Å². The van der Waals surface area contributed by atoms with Crippen molar-refractivity contribution >= 4 is 17.2 Å². The third-order valence-electron chi connectivity index (χ3n) is 4.72. The quantitative estimate of drug-likeness (QED) is 0.703. The number of thiazole rings is 1. The summed E-state index contributed by atoms with van der Waals surface area (Å²) in [5, 5.41) is 0. The lowest BCUT2D eigenvalue weighted by molar-refractivity contribution is 0.0995. The Bertz CT molecular complexity index is 1050. The van der Waals surface area contributed by atoms with Gasteiger partial charge in [0.2, 0.25) is 0 Å². The number of aromatic nitrogens is 1. The van der Waals surface area contributed by atoms with E-state index >= 15 is 0 Å². The van der Waals surface area contributed by atoms with Crippen molar-refractivity contribution in [3.8, 4) is 17.0 Å². The van der Waals surface area contributed by atoms with Gasteiger partial charge in [0.1, 0.15) is 5.75 Å². The van der Waals surface area contributed by atoms with Crippen LogP contribution in [0.3, 0.4) is 0 Å². The number of amides is 1. The summed E-state index contributed by atoms with van der Waals surface area (Å²) in [6, 6.07) is 15.7. The zero-order valence-electron chi connectivity index (χ0n) is 14.9. The first-order valence-corrected chi connectivity index (χ1v) is 9.57. The number of hydrogen-bond acceptors (Lipinski definition) is 3. The maximum atomic E-state index is 12.8. The fourth-order valence-corrected chi connectivity index (χ4v) is 4.69. The number of aryl methyl sites for hydroxylation is 2. The predicted molar refractivity (Wildman–Crippen MR) is 104 cm³/mol. The summed E-state index contributed by atoms with van der Waals surface area (Å²) < 4.78 is 7.46. The topological polar surface area (TPSA) is 43.6 Å². The van der Waals surface area contributed by atoms with Crippen LogP contribution in [0, 0.1) is 0 Å². The van der Waals surface area contributed by atoms with Crippen molar-refractivity contribution in [3.63, 3.8) is 0 Å². The standard InChI is InChI=1S/C21H20N2O2S/c1-3-23-19-15-9-5-4-8-14(15)12-13-18(19)26-21(23)22-20(24)16-10-6-7-11-17(16)25-2/h4-11H,3,12-13H2,1-2H3. The van der Waals surface area contributed by atoms with Crippen LogP contribution in [0.2, 0.25) is 0 Å². The lowest BCUT2D eigenvalue weighted by Crippen LogP contribution is -2.18. The number of benzene rings is 2. The van der Waals surface area contributed by atoms with E-state index in [1.165, 1.54) is 21.7 Å². The first-order chi connectivity index (χ1) is 12.7. The van der Waals surface area contributed by atoms with E-state index in [0.717, 1.165) is 24.2 Å². The van der Waals surface area contributed by atoms with Crippen LogP contribution in [-0.2, 0) is 19.4 Å². The van der Waals surface area contributed by atoms with Gasteiger partial charge in [0, 0.05) is 17.0 Å². The molecule has 5 heteroatoms. The van der Waals surface area contributed by atoms with Gasteiger partial charge in [-0.1, -0.05) is 36.4 Å². The number of nitrogens with zero attached hydrogens (tertiary/aromatic N) is 2. The minimum atomic E-state index is -0.267. The smallest absolute Gasteiger partial charge is 0.283 e. The van der Waals surface area contributed by atoms with Gasteiger partial charge in [-0.05, 0) is 37.5 Å². The van der Waals surface area contributed by atoms with Crippen LogP contribution in [-0.4, -0.2) is 17.6 Å². The van der Waals surface area contributed by atoms with Crippen LogP contribution in [0.5, 0.6) is 5.75 Å². The average Bonchev–Trinajstić information content (AvgIpc) is 3.05. The summed E-state index contributed by atoms with van der Waals surface area (Å²) in [4.78, 5) is 19.3. The van der Waals surface area contributed by atoms with Gasteiger partial charge in [0.15, 0.2) is 4.80 Å². The number of carbonyl (C=O) groups excluding carboxylic acids is 1. The number of rotatable bonds is 3. The van der Waals surface area contributed by atoms with Gasteiger partial charge >= 0.3 is 0 Å². The second-order valence-electron chi connectivity index (χ2n) is 6.18. The van der Waals surface area contributed by atoms with E-state index in [0.29, 0.717) is 11.3 Å². The van der Waals surface area contributed by atoms with E-state index in [9.17, 15) is 4.79 Å². The lowest BCUT2D eigenvalue weighted by atomic mass is 9.93. The van der Waals surface area contributed by atoms with Crippen LogP contribution in [0.25, 0.3) is 11.3 Å². The third kappa shape index (κ3) is 2.78. The molecule has 0 saturated heterocycles. The zero-order chi connectivity index (χ0) is 18.1. The molecule has 0 saturated carbocycles. The Hall–Kier alpha value is -2.66. The van der Waals surface area contributed by atoms with Crippen molar-refractivity contribution in [2.45, 2.75) is 26.3 Å². The fraction of sp³-hybridized carbons (Fsp3) is 0.238. The second-order valence-corrected chi connectivity index (χ2v) is 7.24. The Labute approximate surface area is 156 Å². The second kappa shape index (κ2) is 6.92. The molecule has 0 fully saturated rings. The maximum absolute atomic E-state index is 12.8. The number of ether oxygens (including phenoxy) is 1. The minimum absolute atomic E-state index is 0.267. The van der Waals surface area contributed by atoms with Gasteiger partial charge in [0.05, 0.1) is 18.4 Å². The average molecular weight is 364 g/mol. The first kappa shape index (κ1) is 16.8. The van der Waals surface area contributed by atoms with Crippen LogP contribution in [0.4, 0.5) is 0 Å². The maximum Gasteiger partial charge on any atom is 0.283 e. The van der Waals surface area contributed by atoms with Crippen molar-refractivity contribution in [2.24, 2.45) is 4.99 Å². The van der Waals surface area contributed by atoms with Crippen molar-refractivity contribution in [3.05, 3.63) is 69.3 Å². The molecule has 1 aromatic heterocycles. The summed E-state index contributed by atoms with van der Waals surface area (Å²) in [5.74, 6) is 0.285. The molecule has 1 aliphatic carbocycles. The van der Waals surface area contributed by atoms with Crippen molar-refractivity contribution in [1.82, 2.24) is 4.57 Å². The van der Waals surface area contributed by atoms with E-state index in [1.54, 1.807) is 30.6 Å². The van der Waals surface area contributed by atoms with Gasteiger partial charge in [-0.3, -0.25) is 4.79 Å². The molecule has 132 valence electrons. The normalized spacial score (nSPS) is 13.2. The number of methoxy groups -OCH3 is 1. The molecule has 4 rings (SSSR count). The number of hydrogen-bond donors (Lipinski definition) is 0. The Kier molecular flexibility index (Phi) is 4.47. The third-order valence-corrected chi connectivity index (χ3v) is 5.86. The highest BCUT2D eigenvalue weighted by atomic mass is 32.1. The molecule has 0 unspecified atom stereocenters. The molecule has 0 bridgehead atoms. The van der Waals surface area contributed by atoms with Gasteiger partial charge in [-0.2, -0.15) is 4.99 Å². The molecule has 26 heavy (non-hydrogen) atoms. The molecule has 1 aliphatic rings. The van der Waals surface area contributed by atoms with Gasteiger partial charge in [0.25, 0.3) is 5.91 Å². The monoisotopic (exact) mass is 364 g/mol. The molecule has 3 aromatic rings. The van der Waals surface area contributed by atoms with Crippen LogP contribution >= 0.6 is 11.3 Å². The van der Waals surface area contributed by atoms with Gasteiger partial charge in [-0.25, -0.2) is 0 Å². The summed E-state index contributed by atoms with van der Waals surface area (Å²) in [7, 11) is 1.57. The largest absolute Gasteiger partial charge is 0.496 e. The molecule has 4 nitrogen and oxygen atoms in total. The molecule has 1 amide bonds. The van der Waals surface area contributed by atoms with Gasteiger partial charge in [-0.15, -0.1) is 11.3 Å². The summed E-state index contributed by atoms with van der Waals surface area (Å²) in [6.45, 7) is 2.87. The van der Waals surface area contributed by atoms with Crippen LogP contribution in [0.1, 0.15) is 27.7 Å². The van der Waals surface area contributed by atoms with Crippen molar-refractivity contribution in [1.29, 1.82) is 0 Å². The van der Waals surface area contributed by atoms with E-state index in [2.05, 4.69) is 40.7 Å². The van der Waals surface area contributed by atoms with E-state index < -0.39 is 0 Å². The zero-order valence-corrected chi connectivity index (χ0v) is 15.7. The molecular weight excluding hydrogens is 344 g/mol. The molecule has 0 radical (unpaired) electrons. The highest BCUT2D eigenvalue weighted by Crippen LogP contribution is 2.34. The number of fused-ring (bicyclic) bond motifs is 3. The highest BCUT2D eigenvalue weighted by molar-refractivity contribution is 7.09. The summed E-state index contributed by atoms with van der Waals surface area (Å²) in [6.07, 6.45) is 2.03. The SMILES string of the molecule is CCn1c2c(sc1=NC(=O)c1ccccc1OC)CCc1ccccc1-2.